The van der Waals surface area contributed by atoms with Crippen LogP contribution in [0.4, 0.5) is 0 Å². The highest BCUT2D eigenvalue weighted by Crippen LogP contribution is 2.24. The van der Waals surface area contributed by atoms with E-state index in [-0.39, 0.29) is 30.4 Å². The van der Waals surface area contributed by atoms with Crippen LogP contribution in [0.15, 0.2) is 60.7 Å². The van der Waals surface area contributed by atoms with Crippen LogP contribution in [0.1, 0.15) is 28.8 Å². The van der Waals surface area contributed by atoms with Crippen LogP contribution < -0.4 is 0 Å². The second kappa shape index (κ2) is 7.21. The molecule has 3 rings (SSSR count). The summed E-state index contributed by atoms with van der Waals surface area (Å²) >= 11 is 0. The summed E-state index contributed by atoms with van der Waals surface area (Å²) in [6.07, 6.45) is 0.845. The molecule has 2 aromatic carbocycles. The van der Waals surface area contributed by atoms with E-state index in [1.807, 2.05) is 36.4 Å². The van der Waals surface area contributed by atoms with Gasteiger partial charge in [-0.05, 0) is 12.0 Å². The van der Waals surface area contributed by atoms with Gasteiger partial charge in [0.1, 0.15) is 0 Å². The summed E-state index contributed by atoms with van der Waals surface area (Å²) in [6, 6.07) is 18.6. The quantitative estimate of drug-likeness (QED) is 0.628. The first-order valence-corrected chi connectivity index (χ1v) is 8.11. The van der Waals surface area contributed by atoms with Crippen LogP contribution in [0.3, 0.4) is 0 Å². The van der Waals surface area contributed by atoms with Gasteiger partial charge >= 0.3 is 0 Å². The van der Waals surface area contributed by atoms with Gasteiger partial charge in [-0.3, -0.25) is 19.3 Å². The van der Waals surface area contributed by atoms with Gasteiger partial charge in [-0.2, -0.15) is 0 Å². The molecule has 4 heteroatoms. The topological polar surface area (TPSA) is 54.5 Å². The number of likely N-dealkylation sites (tertiary alicyclic amines) is 1. The Balaban J connectivity index is 1.63. The van der Waals surface area contributed by atoms with E-state index in [2.05, 4.69) is 0 Å². The molecule has 0 aromatic heterocycles. The normalized spacial score (nSPS) is 15.6. The Labute approximate surface area is 141 Å². The number of amides is 2. The monoisotopic (exact) mass is 321 g/mol. The number of rotatable bonds is 5. The number of carbonyl (C=O) groups is 3. The molecule has 0 saturated carbocycles. The molecular formula is C20H19NO3. The van der Waals surface area contributed by atoms with Crippen LogP contribution >= 0.6 is 0 Å². The van der Waals surface area contributed by atoms with E-state index in [9.17, 15) is 14.4 Å². The number of ketones is 1. The third kappa shape index (κ3) is 3.59. The third-order valence-corrected chi connectivity index (χ3v) is 4.34. The zero-order valence-electron chi connectivity index (χ0n) is 13.4. The van der Waals surface area contributed by atoms with Crippen molar-refractivity contribution < 1.29 is 14.4 Å². The van der Waals surface area contributed by atoms with Crippen molar-refractivity contribution in [2.75, 3.05) is 6.54 Å². The zero-order valence-corrected chi connectivity index (χ0v) is 13.4. The van der Waals surface area contributed by atoms with E-state index >= 15 is 0 Å². The average molecular weight is 321 g/mol. The maximum Gasteiger partial charge on any atom is 0.229 e. The van der Waals surface area contributed by atoms with Gasteiger partial charge in [0.2, 0.25) is 11.8 Å². The highest BCUT2D eigenvalue weighted by molar-refractivity contribution is 6.07. The fourth-order valence-electron chi connectivity index (χ4n) is 3.01. The molecule has 0 aliphatic carbocycles. The van der Waals surface area contributed by atoms with Gasteiger partial charge in [0.15, 0.2) is 5.78 Å². The third-order valence-electron chi connectivity index (χ3n) is 4.34. The van der Waals surface area contributed by atoms with Crippen LogP contribution in [-0.4, -0.2) is 29.0 Å². The zero-order chi connectivity index (χ0) is 16.9. The van der Waals surface area contributed by atoms with Crippen LogP contribution in [0.25, 0.3) is 0 Å². The number of imide groups is 1. The van der Waals surface area contributed by atoms with Crippen molar-refractivity contribution in [3.8, 4) is 0 Å². The van der Waals surface area contributed by atoms with Crippen molar-refractivity contribution in [2.45, 2.75) is 19.3 Å². The molecule has 24 heavy (non-hydrogen) atoms. The molecular weight excluding hydrogens is 302 g/mol. The Morgan fingerprint density at radius 1 is 0.875 bits per heavy atom. The van der Waals surface area contributed by atoms with Crippen molar-refractivity contribution in [3.05, 3.63) is 71.8 Å². The summed E-state index contributed by atoms with van der Waals surface area (Å²) in [5, 5.41) is 0. The standard InChI is InChI=1S/C20H19NO3/c22-18-13-17(20(24)16-9-5-2-6-10-16)14-19(23)21(18)12-11-15-7-3-1-4-8-15/h1-10,17H,11-14H2. The summed E-state index contributed by atoms with van der Waals surface area (Å²) in [5.41, 5.74) is 1.64. The molecule has 1 aliphatic heterocycles. The molecule has 1 saturated heterocycles. The lowest BCUT2D eigenvalue weighted by molar-refractivity contribution is -0.149. The second-order valence-corrected chi connectivity index (χ2v) is 6.01. The minimum atomic E-state index is -0.541. The molecule has 0 bridgehead atoms. The van der Waals surface area contributed by atoms with Crippen LogP contribution in [-0.2, 0) is 16.0 Å². The lowest BCUT2D eigenvalue weighted by Crippen LogP contribution is -2.45. The van der Waals surface area contributed by atoms with Crippen molar-refractivity contribution in [1.29, 1.82) is 0 Å². The van der Waals surface area contributed by atoms with E-state index in [0.717, 1.165) is 5.56 Å². The van der Waals surface area contributed by atoms with Crippen LogP contribution in [0, 0.1) is 5.92 Å². The summed E-state index contributed by atoms with van der Waals surface area (Å²) in [7, 11) is 0. The molecule has 1 aliphatic rings. The van der Waals surface area contributed by atoms with Gasteiger partial charge in [0, 0.05) is 30.9 Å². The molecule has 0 unspecified atom stereocenters. The maximum absolute atomic E-state index is 12.5. The summed E-state index contributed by atoms with van der Waals surface area (Å²) in [4.78, 5) is 38.4. The van der Waals surface area contributed by atoms with E-state index in [0.29, 0.717) is 18.5 Å². The van der Waals surface area contributed by atoms with Crippen molar-refractivity contribution in [3.63, 3.8) is 0 Å². The molecule has 122 valence electrons. The Bertz CT molecular complexity index is 722. The summed E-state index contributed by atoms with van der Waals surface area (Å²) in [6.45, 7) is 0.369. The van der Waals surface area contributed by atoms with E-state index < -0.39 is 5.92 Å². The molecule has 4 nitrogen and oxygen atoms in total. The Hall–Kier alpha value is -2.75. The van der Waals surface area contributed by atoms with E-state index in [1.54, 1.807) is 24.3 Å². The molecule has 0 N–H and O–H groups in total. The van der Waals surface area contributed by atoms with Crippen LogP contribution in [0.2, 0.25) is 0 Å². The van der Waals surface area contributed by atoms with Crippen LogP contribution in [0.5, 0.6) is 0 Å². The highest BCUT2D eigenvalue weighted by atomic mass is 16.2. The molecule has 1 heterocycles. The Morgan fingerprint density at radius 2 is 1.42 bits per heavy atom. The number of piperidine rings is 1. The fourth-order valence-corrected chi connectivity index (χ4v) is 3.01. The second-order valence-electron chi connectivity index (χ2n) is 6.01. The number of benzene rings is 2. The van der Waals surface area contributed by atoms with Gasteiger partial charge in [-0.15, -0.1) is 0 Å². The number of Topliss-reactive ketones (excluding diaryl/α,β-unsaturated/α-hetero) is 1. The molecule has 0 spiro atoms. The number of hydrogen-bond acceptors (Lipinski definition) is 3. The van der Waals surface area contributed by atoms with Gasteiger partial charge < -0.3 is 0 Å². The minimum Gasteiger partial charge on any atom is -0.294 e. The average Bonchev–Trinajstić information content (AvgIpc) is 2.62. The van der Waals surface area contributed by atoms with Gasteiger partial charge in [0.05, 0.1) is 0 Å². The van der Waals surface area contributed by atoms with Gasteiger partial charge in [-0.1, -0.05) is 60.7 Å². The summed E-state index contributed by atoms with van der Waals surface area (Å²) in [5.74, 6) is -1.17. The van der Waals surface area contributed by atoms with E-state index in [1.165, 1.54) is 4.90 Å². The van der Waals surface area contributed by atoms with Crippen molar-refractivity contribution in [2.24, 2.45) is 5.92 Å². The summed E-state index contributed by atoms with van der Waals surface area (Å²) < 4.78 is 0. The number of hydrogen-bond donors (Lipinski definition) is 0. The molecule has 2 aromatic rings. The smallest absolute Gasteiger partial charge is 0.229 e. The Kier molecular flexibility index (Phi) is 4.85. The Morgan fingerprint density at radius 3 is 2.00 bits per heavy atom. The van der Waals surface area contributed by atoms with Gasteiger partial charge in [0.25, 0.3) is 0 Å². The first kappa shape index (κ1) is 16.1. The number of nitrogens with zero attached hydrogens (tertiary/aromatic N) is 1. The predicted octanol–water partition coefficient (Wildman–Crippen LogP) is 2.88. The molecule has 1 fully saturated rings. The highest BCUT2D eigenvalue weighted by Gasteiger charge is 2.36. The predicted molar refractivity (Wildman–Crippen MR) is 90.4 cm³/mol. The van der Waals surface area contributed by atoms with Crippen molar-refractivity contribution in [1.82, 2.24) is 4.90 Å². The van der Waals surface area contributed by atoms with E-state index in [4.69, 9.17) is 0 Å². The van der Waals surface area contributed by atoms with Gasteiger partial charge in [-0.25, -0.2) is 0 Å². The lowest BCUT2D eigenvalue weighted by atomic mass is 9.88. The maximum atomic E-state index is 12.5. The lowest BCUT2D eigenvalue weighted by Gasteiger charge is -2.29. The molecule has 0 radical (unpaired) electrons. The number of carbonyl (C=O) groups excluding carboxylic acids is 3. The fraction of sp³-hybridized carbons (Fsp3) is 0.250. The largest absolute Gasteiger partial charge is 0.294 e. The molecule has 0 atom stereocenters. The SMILES string of the molecule is O=C(c1ccccc1)C1CC(=O)N(CCc2ccccc2)C(=O)C1. The minimum absolute atomic E-state index is 0.105. The molecule has 2 amide bonds. The first-order valence-electron chi connectivity index (χ1n) is 8.11. The first-order chi connectivity index (χ1) is 11.6. The van der Waals surface area contributed by atoms with Crippen molar-refractivity contribution >= 4 is 17.6 Å².